The number of phenolic OH excluding ortho intramolecular Hbond substituents is 1. The largest absolute Gasteiger partial charge is 0.508 e. The minimum atomic E-state index is -0.0475. The second-order valence-corrected chi connectivity index (χ2v) is 5.64. The molecule has 0 radical (unpaired) electrons. The molecule has 0 spiro atoms. The van der Waals surface area contributed by atoms with Crippen LogP contribution in [0.5, 0.6) is 5.75 Å². The molecule has 1 rings (SSSR count). The van der Waals surface area contributed by atoms with Gasteiger partial charge in [-0.25, -0.2) is 0 Å². The van der Waals surface area contributed by atoms with Crippen molar-refractivity contribution in [2.75, 3.05) is 6.54 Å². The van der Waals surface area contributed by atoms with Crippen LogP contribution in [-0.4, -0.2) is 22.4 Å². The first-order chi connectivity index (χ1) is 8.09. The Morgan fingerprint density at radius 1 is 1.47 bits per heavy atom. The Bertz CT molecular complexity index is 366. The van der Waals surface area contributed by atoms with Crippen LogP contribution in [0.3, 0.4) is 0 Å². The number of carbonyl (C=O) groups excluding carboxylic acids is 1. The molecule has 1 unspecified atom stereocenters. The molecule has 1 aromatic rings. The standard InChI is InChI=1S/C13H18BrNO2/c1-10(14)5-4-8-15-13(17)9-11-6-2-3-7-12(11)16/h2-3,6-7,10,16H,4-5,8-9H2,1H3,(H,15,17). The lowest BCUT2D eigenvalue weighted by molar-refractivity contribution is -0.120. The lowest BCUT2D eigenvalue weighted by atomic mass is 10.1. The molecule has 94 valence electrons. The van der Waals surface area contributed by atoms with Gasteiger partial charge in [-0.15, -0.1) is 0 Å². The molecular formula is C13H18BrNO2. The van der Waals surface area contributed by atoms with E-state index in [1.165, 1.54) is 0 Å². The monoisotopic (exact) mass is 299 g/mol. The summed E-state index contributed by atoms with van der Waals surface area (Å²) in [7, 11) is 0. The van der Waals surface area contributed by atoms with Gasteiger partial charge in [0.1, 0.15) is 5.75 Å². The maximum atomic E-state index is 11.6. The number of hydrogen-bond acceptors (Lipinski definition) is 2. The Kier molecular flexibility index (Phi) is 6.05. The van der Waals surface area contributed by atoms with Crippen molar-refractivity contribution in [3.05, 3.63) is 29.8 Å². The predicted molar refractivity (Wildman–Crippen MR) is 72.4 cm³/mol. The van der Waals surface area contributed by atoms with Gasteiger partial charge >= 0.3 is 0 Å². The van der Waals surface area contributed by atoms with Crippen LogP contribution in [0, 0.1) is 0 Å². The molecule has 0 fully saturated rings. The zero-order chi connectivity index (χ0) is 12.7. The summed E-state index contributed by atoms with van der Waals surface area (Å²) < 4.78 is 0. The molecule has 17 heavy (non-hydrogen) atoms. The lowest BCUT2D eigenvalue weighted by Gasteiger charge is -2.07. The first-order valence-electron chi connectivity index (χ1n) is 5.77. The van der Waals surface area contributed by atoms with E-state index in [4.69, 9.17) is 0 Å². The summed E-state index contributed by atoms with van der Waals surface area (Å²) in [5.74, 6) is 0.130. The fraction of sp³-hybridized carbons (Fsp3) is 0.462. The van der Waals surface area contributed by atoms with Gasteiger partial charge in [0.2, 0.25) is 5.91 Å². The Hall–Kier alpha value is -1.03. The number of nitrogens with one attached hydrogen (secondary N) is 1. The van der Waals surface area contributed by atoms with Crippen LogP contribution < -0.4 is 5.32 Å². The number of amides is 1. The van der Waals surface area contributed by atoms with E-state index in [2.05, 4.69) is 28.2 Å². The van der Waals surface area contributed by atoms with Gasteiger partial charge in [-0.2, -0.15) is 0 Å². The van der Waals surface area contributed by atoms with E-state index in [1.54, 1.807) is 18.2 Å². The average Bonchev–Trinajstić information content (AvgIpc) is 2.27. The molecule has 4 heteroatoms. The van der Waals surface area contributed by atoms with Crippen molar-refractivity contribution < 1.29 is 9.90 Å². The number of para-hydroxylation sites is 1. The van der Waals surface area contributed by atoms with Gasteiger partial charge in [-0.1, -0.05) is 41.1 Å². The number of aromatic hydroxyl groups is 1. The normalized spacial score (nSPS) is 12.1. The molecule has 0 saturated carbocycles. The molecule has 3 nitrogen and oxygen atoms in total. The highest BCUT2D eigenvalue weighted by atomic mass is 79.9. The van der Waals surface area contributed by atoms with Crippen LogP contribution in [0.25, 0.3) is 0 Å². The lowest BCUT2D eigenvalue weighted by Crippen LogP contribution is -2.26. The highest BCUT2D eigenvalue weighted by Gasteiger charge is 2.06. The second kappa shape index (κ2) is 7.33. The van der Waals surface area contributed by atoms with Crippen LogP contribution in [0.15, 0.2) is 24.3 Å². The van der Waals surface area contributed by atoms with Crippen molar-refractivity contribution in [3.63, 3.8) is 0 Å². The van der Waals surface area contributed by atoms with E-state index >= 15 is 0 Å². The van der Waals surface area contributed by atoms with Crippen molar-refractivity contribution >= 4 is 21.8 Å². The quantitative estimate of drug-likeness (QED) is 0.627. The number of phenols is 1. The molecule has 0 heterocycles. The van der Waals surface area contributed by atoms with E-state index in [9.17, 15) is 9.90 Å². The van der Waals surface area contributed by atoms with Gasteiger partial charge < -0.3 is 10.4 Å². The van der Waals surface area contributed by atoms with E-state index < -0.39 is 0 Å². The predicted octanol–water partition coefficient (Wildman–Crippen LogP) is 2.61. The van der Waals surface area contributed by atoms with Crippen molar-refractivity contribution in [2.45, 2.75) is 31.0 Å². The number of benzene rings is 1. The molecule has 2 N–H and O–H groups in total. The maximum Gasteiger partial charge on any atom is 0.224 e. The van der Waals surface area contributed by atoms with Crippen LogP contribution in [0.4, 0.5) is 0 Å². The average molecular weight is 300 g/mol. The molecule has 0 bridgehead atoms. The van der Waals surface area contributed by atoms with E-state index in [0.717, 1.165) is 12.8 Å². The summed E-state index contributed by atoms with van der Waals surface area (Å²) in [5, 5.41) is 12.4. The maximum absolute atomic E-state index is 11.6. The zero-order valence-electron chi connectivity index (χ0n) is 9.95. The fourth-order valence-corrected chi connectivity index (χ4v) is 1.83. The van der Waals surface area contributed by atoms with Gasteiger partial charge in [0.25, 0.3) is 0 Å². The number of carbonyl (C=O) groups is 1. The van der Waals surface area contributed by atoms with Crippen LogP contribution >= 0.6 is 15.9 Å². The van der Waals surface area contributed by atoms with Gasteiger partial charge in [0, 0.05) is 16.9 Å². The third kappa shape index (κ3) is 5.73. The Balaban J connectivity index is 2.28. The SMILES string of the molecule is CC(Br)CCCNC(=O)Cc1ccccc1O. The van der Waals surface area contributed by atoms with Crippen molar-refractivity contribution in [2.24, 2.45) is 0 Å². The van der Waals surface area contributed by atoms with Crippen molar-refractivity contribution in [1.82, 2.24) is 5.32 Å². The molecule has 0 aliphatic heterocycles. The van der Waals surface area contributed by atoms with E-state index in [1.807, 2.05) is 6.07 Å². The van der Waals surface area contributed by atoms with Gasteiger partial charge in [0.05, 0.1) is 6.42 Å². The molecule has 1 atom stereocenters. The highest BCUT2D eigenvalue weighted by molar-refractivity contribution is 9.09. The molecule has 0 aliphatic rings. The van der Waals surface area contributed by atoms with Crippen LogP contribution in [0.1, 0.15) is 25.3 Å². The molecular weight excluding hydrogens is 282 g/mol. The number of hydrogen-bond donors (Lipinski definition) is 2. The van der Waals surface area contributed by atoms with Crippen molar-refractivity contribution in [3.8, 4) is 5.75 Å². The Morgan fingerprint density at radius 2 is 2.18 bits per heavy atom. The van der Waals surface area contributed by atoms with Gasteiger partial charge in [-0.3, -0.25) is 4.79 Å². The minimum absolute atomic E-state index is 0.0475. The van der Waals surface area contributed by atoms with Gasteiger partial charge in [0.15, 0.2) is 0 Å². The van der Waals surface area contributed by atoms with Crippen LogP contribution in [-0.2, 0) is 11.2 Å². The smallest absolute Gasteiger partial charge is 0.224 e. The second-order valence-electron chi connectivity index (χ2n) is 4.08. The molecule has 0 saturated heterocycles. The van der Waals surface area contributed by atoms with E-state index in [0.29, 0.717) is 16.9 Å². The fourth-order valence-electron chi connectivity index (χ4n) is 1.51. The summed E-state index contributed by atoms with van der Waals surface area (Å²) in [6.07, 6.45) is 2.23. The first kappa shape index (κ1) is 14.0. The zero-order valence-corrected chi connectivity index (χ0v) is 11.5. The third-order valence-electron chi connectivity index (χ3n) is 2.44. The molecule has 0 aliphatic carbocycles. The number of alkyl halides is 1. The topological polar surface area (TPSA) is 49.3 Å². The van der Waals surface area contributed by atoms with Crippen molar-refractivity contribution in [1.29, 1.82) is 0 Å². The summed E-state index contributed by atoms with van der Waals surface area (Å²) >= 11 is 3.46. The molecule has 1 aromatic carbocycles. The minimum Gasteiger partial charge on any atom is -0.508 e. The molecule has 1 amide bonds. The van der Waals surface area contributed by atoms with Crippen LogP contribution in [0.2, 0.25) is 0 Å². The highest BCUT2D eigenvalue weighted by Crippen LogP contribution is 2.15. The number of rotatable bonds is 6. The Labute approximate surface area is 110 Å². The third-order valence-corrected chi connectivity index (χ3v) is 2.90. The summed E-state index contributed by atoms with van der Waals surface area (Å²) in [5.41, 5.74) is 0.666. The van der Waals surface area contributed by atoms with Gasteiger partial charge in [-0.05, 0) is 18.9 Å². The Morgan fingerprint density at radius 3 is 2.82 bits per heavy atom. The number of halogens is 1. The summed E-state index contributed by atoms with van der Waals surface area (Å²) in [6, 6.07) is 6.91. The first-order valence-corrected chi connectivity index (χ1v) is 6.69. The molecule has 0 aromatic heterocycles. The van der Waals surface area contributed by atoms with E-state index in [-0.39, 0.29) is 18.1 Å². The summed E-state index contributed by atoms with van der Waals surface area (Å²) in [6.45, 7) is 2.77. The summed E-state index contributed by atoms with van der Waals surface area (Å²) in [4.78, 5) is 12.1.